The predicted octanol–water partition coefficient (Wildman–Crippen LogP) is 2.07. The number of dihydropyridines is 1. The molecule has 1 aliphatic carbocycles. The Morgan fingerprint density at radius 2 is 2.00 bits per heavy atom. The molecule has 0 aromatic heterocycles. The normalized spacial score (nSPS) is 31.3. The molecule has 3 nitrogen and oxygen atoms in total. The van der Waals surface area contributed by atoms with Gasteiger partial charge in [-0.25, -0.2) is 0 Å². The molecule has 0 amide bonds. The van der Waals surface area contributed by atoms with Crippen LogP contribution in [0.2, 0.25) is 0 Å². The van der Waals surface area contributed by atoms with Gasteiger partial charge >= 0.3 is 0 Å². The summed E-state index contributed by atoms with van der Waals surface area (Å²) in [5.74, 6) is 1.01. The molecule has 1 fully saturated rings. The zero-order valence-corrected chi connectivity index (χ0v) is 10.7. The number of nitrogens with one attached hydrogen (secondary N) is 1. The Balaban J connectivity index is 1.82. The fourth-order valence-corrected chi connectivity index (χ4v) is 2.28. The van der Waals surface area contributed by atoms with E-state index < -0.39 is 0 Å². The molecule has 1 saturated carbocycles. The molecule has 0 saturated heterocycles. The van der Waals surface area contributed by atoms with Crippen LogP contribution in [0.15, 0.2) is 21.6 Å². The Morgan fingerprint density at radius 3 is 2.60 bits per heavy atom. The van der Waals surface area contributed by atoms with Crippen LogP contribution in [0.3, 0.4) is 0 Å². The van der Waals surface area contributed by atoms with Crippen molar-refractivity contribution in [2.24, 2.45) is 0 Å². The second-order valence-electron chi connectivity index (χ2n) is 4.05. The van der Waals surface area contributed by atoms with Crippen LogP contribution in [0.4, 0.5) is 0 Å². The number of ether oxygens (including phenoxy) is 1. The molecule has 0 unspecified atom stereocenters. The maximum absolute atomic E-state index is 9.37. The number of allylic oxidation sites excluding steroid dienone is 2. The zero-order chi connectivity index (χ0) is 10.7. The Kier molecular flexibility index (Phi) is 3.91. The molecule has 0 radical (unpaired) electrons. The molecule has 4 heteroatoms. The monoisotopic (exact) mass is 321 g/mol. The van der Waals surface area contributed by atoms with Gasteiger partial charge < -0.3 is 15.2 Å². The lowest BCUT2D eigenvalue weighted by atomic mass is 9.95. The van der Waals surface area contributed by atoms with Gasteiger partial charge in [0.2, 0.25) is 0 Å². The van der Waals surface area contributed by atoms with E-state index in [0.29, 0.717) is 6.10 Å². The molecule has 1 heterocycles. The highest BCUT2D eigenvalue weighted by Crippen LogP contribution is 2.23. The van der Waals surface area contributed by atoms with Crippen molar-refractivity contribution in [3.8, 4) is 0 Å². The van der Waals surface area contributed by atoms with Crippen molar-refractivity contribution < 1.29 is 9.84 Å². The minimum atomic E-state index is -0.107. The Bertz CT molecular complexity index is 280. The molecular formula is C11H16INO2. The fraction of sp³-hybridized carbons (Fsp3) is 0.636. The summed E-state index contributed by atoms with van der Waals surface area (Å²) in [7, 11) is 0. The second kappa shape index (κ2) is 5.21. The van der Waals surface area contributed by atoms with Gasteiger partial charge in [0.25, 0.3) is 0 Å². The van der Waals surface area contributed by atoms with E-state index in [1.165, 1.54) is 0 Å². The van der Waals surface area contributed by atoms with E-state index in [0.717, 1.165) is 41.7 Å². The fourth-order valence-electron chi connectivity index (χ4n) is 1.91. The molecule has 0 spiro atoms. The minimum absolute atomic E-state index is 0.107. The van der Waals surface area contributed by atoms with Crippen LogP contribution in [0.25, 0.3) is 0 Å². The van der Waals surface area contributed by atoms with Crippen LogP contribution in [0.1, 0.15) is 25.7 Å². The first-order chi connectivity index (χ1) is 7.24. The SMILES string of the molecule is O[C@H]1CC[C@H](OC2=CC=C(I)NC2)CC1. The first kappa shape index (κ1) is 11.3. The number of hydrogen-bond acceptors (Lipinski definition) is 3. The van der Waals surface area contributed by atoms with Gasteiger partial charge in [0.1, 0.15) is 5.76 Å². The van der Waals surface area contributed by atoms with Crippen molar-refractivity contribution in [3.63, 3.8) is 0 Å². The van der Waals surface area contributed by atoms with E-state index in [1.807, 2.05) is 12.2 Å². The lowest BCUT2D eigenvalue weighted by Crippen LogP contribution is -2.27. The van der Waals surface area contributed by atoms with Crippen molar-refractivity contribution in [2.45, 2.75) is 37.9 Å². The van der Waals surface area contributed by atoms with Crippen LogP contribution in [0.5, 0.6) is 0 Å². The second-order valence-corrected chi connectivity index (χ2v) is 5.21. The average molecular weight is 321 g/mol. The van der Waals surface area contributed by atoms with Gasteiger partial charge in [0.15, 0.2) is 0 Å². The molecule has 2 aliphatic rings. The Hall–Kier alpha value is -0.230. The van der Waals surface area contributed by atoms with E-state index in [1.54, 1.807) is 0 Å². The lowest BCUT2D eigenvalue weighted by Gasteiger charge is -2.28. The highest BCUT2D eigenvalue weighted by molar-refractivity contribution is 14.1. The van der Waals surface area contributed by atoms with Crippen molar-refractivity contribution in [3.05, 3.63) is 21.6 Å². The first-order valence-corrected chi connectivity index (χ1v) is 6.47. The molecule has 84 valence electrons. The smallest absolute Gasteiger partial charge is 0.116 e. The predicted molar refractivity (Wildman–Crippen MR) is 67.5 cm³/mol. The number of hydrogen-bond donors (Lipinski definition) is 2. The number of aliphatic hydroxyl groups is 1. The summed E-state index contributed by atoms with van der Waals surface area (Å²) in [6.45, 7) is 0.786. The third kappa shape index (κ3) is 3.38. The summed E-state index contributed by atoms with van der Waals surface area (Å²) in [4.78, 5) is 0. The van der Waals surface area contributed by atoms with E-state index in [2.05, 4.69) is 27.9 Å². The lowest BCUT2D eigenvalue weighted by molar-refractivity contribution is 0.0300. The van der Waals surface area contributed by atoms with Crippen LogP contribution < -0.4 is 5.32 Å². The molecule has 1 aliphatic heterocycles. The van der Waals surface area contributed by atoms with Gasteiger partial charge in [-0.1, -0.05) is 0 Å². The van der Waals surface area contributed by atoms with Gasteiger partial charge in [-0.2, -0.15) is 0 Å². The highest BCUT2D eigenvalue weighted by atomic mass is 127. The molecule has 15 heavy (non-hydrogen) atoms. The molecule has 2 rings (SSSR count). The quantitative estimate of drug-likeness (QED) is 0.604. The van der Waals surface area contributed by atoms with Gasteiger partial charge in [0.05, 0.1) is 22.5 Å². The van der Waals surface area contributed by atoms with E-state index >= 15 is 0 Å². The average Bonchev–Trinajstić information content (AvgIpc) is 2.25. The Labute approximate surface area is 104 Å². The molecule has 0 aromatic rings. The highest BCUT2D eigenvalue weighted by Gasteiger charge is 2.21. The van der Waals surface area contributed by atoms with Crippen LogP contribution >= 0.6 is 22.6 Å². The summed E-state index contributed by atoms with van der Waals surface area (Å²) in [5, 5.41) is 12.6. The molecule has 0 aromatic carbocycles. The van der Waals surface area contributed by atoms with Gasteiger partial charge in [0, 0.05) is 0 Å². The summed E-state index contributed by atoms with van der Waals surface area (Å²) in [6.07, 6.45) is 7.94. The summed E-state index contributed by atoms with van der Waals surface area (Å²) >= 11 is 2.26. The third-order valence-electron chi connectivity index (χ3n) is 2.81. The van der Waals surface area contributed by atoms with E-state index in [9.17, 15) is 5.11 Å². The van der Waals surface area contributed by atoms with Gasteiger partial charge in [-0.3, -0.25) is 0 Å². The summed E-state index contributed by atoms with van der Waals surface area (Å²) < 4.78 is 7.02. The van der Waals surface area contributed by atoms with Crippen LogP contribution in [0, 0.1) is 0 Å². The molecule has 0 bridgehead atoms. The maximum atomic E-state index is 9.37. The van der Waals surface area contributed by atoms with Crippen LogP contribution in [-0.4, -0.2) is 23.9 Å². The van der Waals surface area contributed by atoms with E-state index in [4.69, 9.17) is 4.74 Å². The van der Waals surface area contributed by atoms with Crippen molar-refractivity contribution in [1.82, 2.24) is 5.32 Å². The van der Waals surface area contributed by atoms with Crippen molar-refractivity contribution >= 4 is 22.6 Å². The van der Waals surface area contributed by atoms with E-state index in [-0.39, 0.29) is 6.10 Å². The van der Waals surface area contributed by atoms with Crippen molar-refractivity contribution in [2.75, 3.05) is 6.54 Å². The summed E-state index contributed by atoms with van der Waals surface area (Å²) in [6, 6.07) is 0. The number of rotatable bonds is 2. The maximum Gasteiger partial charge on any atom is 0.116 e. The standard InChI is InChI=1S/C11H16INO2/c12-11-6-5-10(7-13-11)15-9-3-1-8(14)2-4-9/h5-6,8-9,13-14H,1-4,7H2/t8-,9-. The topological polar surface area (TPSA) is 41.5 Å². The minimum Gasteiger partial charge on any atom is -0.493 e. The largest absolute Gasteiger partial charge is 0.493 e. The molecular weight excluding hydrogens is 305 g/mol. The number of aliphatic hydroxyl groups excluding tert-OH is 1. The first-order valence-electron chi connectivity index (χ1n) is 5.39. The number of halogens is 1. The van der Waals surface area contributed by atoms with Gasteiger partial charge in [-0.05, 0) is 60.4 Å². The third-order valence-corrected chi connectivity index (χ3v) is 3.55. The van der Waals surface area contributed by atoms with Crippen molar-refractivity contribution in [1.29, 1.82) is 0 Å². The Morgan fingerprint density at radius 1 is 1.27 bits per heavy atom. The summed E-state index contributed by atoms with van der Waals surface area (Å²) in [5.41, 5.74) is 0. The molecule has 2 N–H and O–H groups in total. The van der Waals surface area contributed by atoms with Gasteiger partial charge in [-0.15, -0.1) is 0 Å². The molecule has 0 atom stereocenters. The van der Waals surface area contributed by atoms with Crippen LogP contribution in [-0.2, 0) is 4.74 Å². The zero-order valence-electron chi connectivity index (χ0n) is 8.58.